The Morgan fingerprint density at radius 2 is 1.70 bits per heavy atom. The van der Waals surface area contributed by atoms with Crippen LogP contribution >= 0.6 is 23.2 Å². The van der Waals surface area contributed by atoms with Gasteiger partial charge >= 0.3 is 0 Å². The van der Waals surface area contributed by atoms with Crippen molar-refractivity contribution in [3.05, 3.63) is 75.5 Å². The minimum Gasteiger partial charge on any atom is -0.268 e. The maximum absolute atomic E-state index is 13.0. The molecule has 4 nitrogen and oxygen atoms in total. The van der Waals surface area contributed by atoms with Gasteiger partial charge in [0.2, 0.25) is 0 Å². The largest absolute Gasteiger partial charge is 0.269 e. The van der Waals surface area contributed by atoms with E-state index < -0.39 is 17.6 Å². The first kappa shape index (κ1) is 17.0. The molecular formula is C16H11Cl2FN2O2. The Hall–Kier alpha value is -2.37. The molecule has 2 aromatic carbocycles. The fraction of sp³-hybridized carbons (Fsp3) is 0. The van der Waals surface area contributed by atoms with Crippen LogP contribution in [0.1, 0.15) is 15.9 Å². The first-order valence-corrected chi connectivity index (χ1v) is 7.20. The molecule has 0 radical (unpaired) electrons. The lowest BCUT2D eigenvalue weighted by atomic mass is 10.2. The number of rotatable bonds is 3. The highest BCUT2D eigenvalue weighted by Gasteiger charge is 2.05. The highest BCUT2D eigenvalue weighted by molar-refractivity contribution is 6.31. The number of hydrogen-bond donors (Lipinski definition) is 2. The Balaban J connectivity index is 1.89. The molecule has 0 aliphatic heterocycles. The van der Waals surface area contributed by atoms with E-state index in [-0.39, 0.29) is 5.02 Å². The lowest BCUT2D eigenvalue weighted by Crippen LogP contribution is -2.40. The molecule has 0 aliphatic carbocycles. The summed E-state index contributed by atoms with van der Waals surface area (Å²) in [6.45, 7) is 0. The van der Waals surface area contributed by atoms with E-state index in [1.165, 1.54) is 42.5 Å². The molecule has 0 saturated heterocycles. The Kier molecular flexibility index (Phi) is 5.73. The predicted octanol–water partition coefficient (Wildman–Crippen LogP) is 3.61. The number of nitrogens with one attached hydrogen (secondary N) is 2. The zero-order valence-electron chi connectivity index (χ0n) is 11.6. The Bertz CT molecular complexity index is 761. The SMILES string of the molecule is O=C(/C=C/c1ccc(F)c(Cl)c1)NNC(=O)c1ccc(Cl)cc1. The van der Waals surface area contributed by atoms with Gasteiger partial charge < -0.3 is 0 Å². The van der Waals surface area contributed by atoms with Gasteiger partial charge in [-0.1, -0.05) is 29.3 Å². The average Bonchev–Trinajstić information content (AvgIpc) is 2.54. The van der Waals surface area contributed by atoms with E-state index in [2.05, 4.69) is 10.9 Å². The molecule has 118 valence electrons. The fourth-order valence-electron chi connectivity index (χ4n) is 1.62. The Morgan fingerprint density at radius 3 is 2.35 bits per heavy atom. The van der Waals surface area contributed by atoms with Crippen molar-refractivity contribution in [1.29, 1.82) is 0 Å². The summed E-state index contributed by atoms with van der Waals surface area (Å²) < 4.78 is 13.0. The maximum atomic E-state index is 13.0. The van der Waals surface area contributed by atoms with Crippen molar-refractivity contribution in [2.75, 3.05) is 0 Å². The van der Waals surface area contributed by atoms with Crippen LogP contribution in [0.25, 0.3) is 6.08 Å². The van der Waals surface area contributed by atoms with Crippen LogP contribution in [0.2, 0.25) is 10.0 Å². The van der Waals surface area contributed by atoms with Gasteiger partial charge in [0.1, 0.15) is 5.82 Å². The van der Waals surface area contributed by atoms with Crippen molar-refractivity contribution >= 4 is 41.1 Å². The molecule has 2 amide bonds. The third-order valence-electron chi connectivity index (χ3n) is 2.78. The normalized spacial score (nSPS) is 10.6. The Labute approximate surface area is 141 Å². The number of carbonyl (C=O) groups excluding carboxylic acids is 2. The smallest absolute Gasteiger partial charge is 0.268 e. The molecule has 0 atom stereocenters. The van der Waals surface area contributed by atoms with Gasteiger partial charge in [0.15, 0.2) is 0 Å². The van der Waals surface area contributed by atoms with Crippen LogP contribution in [0.15, 0.2) is 48.5 Å². The van der Waals surface area contributed by atoms with E-state index in [0.29, 0.717) is 16.1 Å². The summed E-state index contributed by atoms with van der Waals surface area (Å²) in [4.78, 5) is 23.4. The monoisotopic (exact) mass is 352 g/mol. The van der Waals surface area contributed by atoms with Gasteiger partial charge in [-0.15, -0.1) is 0 Å². The topological polar surface area (TPSA) is 58.2 Å². The molecule has 23 heavy (non-hydrogen) atoms. The number of carbonyl (C=O) groups is 2. The average molecular weight is 353 g/mol. The second-order valence-electron chi connectivity index (χ2n) is 4.46. The molecule has 0 aromatic heterocycles. The number of hydrogen-bond acceptors (Lipinski definition) is 2. The van der Waals surface area contributed by atoms with Gasteiger partial charge in [-0.25, -0.2) is 4.39 Å². The fourth-order valence-corrected chi connectivity index (χ4v) is 1.94. The van der Waals surface area contributed by atoms with Crippen molar-refractivity contribution in [3.63, 3.8) is 0 Å². The number of hydrazine groups is 1. The van der Waals surface area contributed by atoms with Crippen LogP contribution in [0.4, 0.5) is 4.39 Å². The van der Waals surface area contributed by atoms with Gasteiger partial charge in [-0.05, 0) is 48.0 Å². The van der Waals surface area contributed by atoms with E-state index in [9.17, 15) is 14.0 Å². The highest BCUT2D eigenvalue weighted by atomic mass is 35.5. The van der Waals surface area contributed by atoms with E-state index in [1.54, 1.807) is 12.1 Å². The second kappa shape index (κ2) is 7.76. The molecule has 0 unspecified atom stereocenters. The van der Waals surface area contributed by atoms with Crippen molar-refractivity contribution in [2.24, 2.45) is 0 Å². The minimum atomic E-state index is -0.548. The zero-order valence-corrected chi connectivity index (χ0v) is 13.2. The minimum absolute atomic E-state index is 0.0383. The van der Waals surface area contributed by atoms with Crippen LogP contribution in [-0.2, 0) is 4.79 Å². The van der Waals surface area contributed by atoms with E-state index in [4.69, 9.17) is 23.2 Å². The molecule has 0 bridgehead atoms. The lowest BCUT2D eigenvalue weighted by molar-refractivity contribution is -0.117. The van der Waals surface area contributed by atoms with Gasteiger partial charge in [0, 0.05) is 16.7 Å². The van der Waals surface area contributed by atoms with Gasteiger partial charge in [0.25, 0.3) is 11.8 Å². The molecule has 0 saturated carbocycles. The van der Waals surface area contributed by atoms with E-state index in [1.807, 2.05) is 0 Å². The summed E-state index contributed by atoms with van der Waals surface area (Å²) >= 11 is 11.4. The summed E-state index contributed by atoms with van der Waals surface area (Å²) in [6.07, 6.45) is 2.63. The summed E-state index contributed by atoms with van der Waals surface area (Å²) in [5.74, 6) is -1.57. The molecule has 0 spiro atoms. The summed E-state index contributed by atoms with van der Waals surface area (Å²) in [5, 5.41) is 0.468. The van der Waals surface area contributed by atoms with Crippen molar-refractivity contribution in [3.8, 4) is 0 Å². The molecule has 0 aliphatic rings. The summed E-state index contributed by atoms with van der Waals surface area (Å²) in [7, 11) is 0. The molecular weight excluding hydrogens is 342 g/mol. The van der Waals surface area contributed by atoms with Crippen molar-refractivity contribution < 1.29 is 14.0 Å². The van der Waals surface area contributed by atoms with Crippen molar-refractivity contribution in [2.45, 2.75) is 0 Å². The maximum Gasteiger partial charge on any atom is 0.269 e. The van der Waals surface area contributed by atoms with E-state index in [0.717, 1.165) is 0 Å². The van der Waals surface area contributed by atoms with Gasteiger partial charge in [-0.2, -0.15) is 0 Å². The lowest BCUT2D eigenvalue weighted by Gasteiger charge is -2.05. The second-order valence-corrected chi connectivity index (χ2v) is 5.30. The van der Waals surface area contributed by atoms with Crippen LogP contribution in [0, 0.1) is 5.82 Å². The molecule has 2 N–H and O–H groups in total. The van der Waals surface area contributed by atoms with Crippen LogP contribution in [0.3, 0.4) is 0 Å². The molecule has 0 heterocycles. The summed E-state index contributed by atoms with van der Waals surface area (Å²) in [6, 6.07) is 10.2. The standard InChI is InChI=1S/C16H11Cl2FN2O2/c17-12-5-3-11(4-6-12)16(23)21-20-15(22)8-2-10-1-7-14(19)13(18)9-10/h1-9H,(H,20,22)(H,21,23)/b8-2+. The number of benzene rings is 2. The van der Waals surface area contributed by atoms with E-state index >= 15 is 0 Å². The highest BCUT2D eigenvalue weighted by Crippen LogP contribution is 2.16. The number of halogens is 3. The third kappa shape index (κ3) is 5.09. The number of amides is 2. The molecule has 0 fully saturated rings. The van der Waals surface area contributed by atoms with Gasteiger partial charge in [-0.3, -0.25) is 20.4 Å². The molecule has 2 aromatic rings. The molecule has 7 heteroatoms. The van der Waals surface area contributed by atoms with Gasteiger partial charge in [0.05, 0.1) is 5.02 Å². The first-order valence-electron chi connectivity index (χ1n) is 6.45. The summed E-state index contributed by atoms with van der Waals surface area (Å²) in [5.41, 5.74) is 5.38. The quantitative estimate of drug-likeness (QED) is 0.654. The van der Waals surface area contributed by atoms with Crippen LogP contribution < -0.4 is 10.9 Å². The Morgan fingerprint density at radius 1 is 1.00 bits per heavy atom. The van der Waals surface area contributed by atoms with Crippen LogP contribution in [0.5, 0.6) is 0 Å². The zero-order chi connectivity index (χ0) is 16.8. The van der Waals surface area contributed by atoms with Crippen LogP contribution in [-0.4, -0.2) is 11.8 Å². The molecule has 2 rings (SSSR count). The first-order chi connectivity index (χ1) is 11.0. The predicted molar refractivity (Wildman–Crippen MR) is 87.5 cm³/mol. The third-order valence-corrected chi connectivity index (χ3v) is 3.32. The van der Waals surface area contributed by atoms with Crippen molar-refractivity contribution in [1.82, 2.24) is 10.9 Å².